The zero-order valence-electron chi connectivity index (χ0n) is 25.6. The number of hydrogen-bond acceptors (Lipinski definition) is 10. The molecule has 3 aromatic carbocycles. The minimum absolute atomic E-state index is 0.351. The molecule has 0 aliphatic carbocycles. The molecular weight excluding hydrogens is 602 g/mol. The molecule has 0 N–H and O–H groups in total. The number of nitrogens with zero attached hydrogens (tertiary/aromatic N) is 7. The van der Waals surface area contributed by atoms with Crippen LogP contribution in [0.3, 0.4) is 0 Å². The smallest absolute Gasteiger partial charge is 0.365 e. The molecule has 1 aliphatic rings. The van der Waals surface area contributed by atoms with Crippen LogP contribution in [0.5, 0.6) is 0 Å². The molecule has 236 valence electrons. The Balaban J connectivity index is 0.964. The van der Waals surface area contributed by atoms with Gasteiger partial charge < -0.3 is 19.2 Å². The monoisotopic (exact) mass is 637 g/mol. The van der Waals surface area contributed by atoms with Crippen molar-refractivity contribution >= 4 is 39.0 Å². The number of piperidine rings is 1. The second-order valence-electron chi connectivity index (χ2n) is 11.3. The lowest BCUT2D eigenvalue weighted by Crippen LogP contribution is -2.37. The lowest BCUT2D eigenvalue weighted by Gasteiger charge is -2.33. The molecule has 0 bridgehead atoms. The Morgan fingerprint density at radius 1 is 0.913 bits per heavy atom. The normalized spacial score (nSPS) is 14.0. The van der Waals surface area contributed by atoms with E-state index in [0.29, 0.717) is 22.7 Å². The van der Waals surface area contributed by atoms with Crippen LogP contribution in [0.4, 0.5) is 5.69 Å². The Hall–Kier alpha value is -4.65. The summed E-state index contributed by atoms with van der Waals surface area (Å²) in [6.07, 6.45) is 7.60. The second kappa shape index (κ2) is 13.8. The molecule has 0 amide bonds. The molecular formula is C34H35N7O4S. The number of fused-ring (bicyclic) bond motifs is 2. The van der Waals surface area contributed by atoms with Gasteiger partial charge in [0, 0.05) is 50.2 Å². The predicted octanol–water partition coefficient (Wildman–Crippen LogP) is 5.94. The summed E-state index contributed by atoms with van der Waals surface area (Å²) in [5.74, 6) is -0.526. The number of imidazole rings is 1. The summed E-state index contributed by atoms with van der Waals surface area (Å²) in [6.45, 7) is 3.66. The van der Waals surface area contributed by atoms with Gasteiger partial charge in [0.25, 0.3) is 0 Å². The number of ether oxygens (including phenoxy) is 2. The van der Waals surface area contributed by atoms with Crippen LogP contribution in [-0.2, 0) is 9.47 Å². The van der Waals surface area contributed by atoms with Crippen LogP contribution in [0.25, 0.3) is 37.8 Å². The fourth-order valence-electron chi connectivity index (χ4n) is 5.70. The molecule has 11 nitrogen and oxygen atoms in total. The summed E-state index contributed by atoms with van der Waals surface area (Å²) in [5, 5.41) is 13.7. The van der Waals surface area contributed by atoms with Crippen molar-refractivity contribution in [2.45, 2.75) is 38.2 Å². The quantitative estimate of drug-likeness (QED) is 0.119. The third kappa shape index (κ3) is 6.50. The van der Waals surface area contributed by atoms with Crippen molar-refractivity contribution in [3.05, 3.63) is 84.6 Å². The minimum atomic E-state index is -0.526. The van der Waals surface area contributed by atoms with E-state index in [4.69, 9.17) is 19.4 Å². The molecule has 7 rings (SSSR count). The van der Waals surface area contributed by atoms with Crippen molar-refractivity contribution in [2.24, 2.45) is 0 Å². The first kappa shape index (κ1) is 30.0. The van der Waals surface area contributed by atoms with Gasteiger partial charge in [-0.3, -0.25) is 0 Å². The molecule has 1 aliphatic heterocycles. The Morgan fingerprint density at radius 3 is 2.48 bits per heavy atom. The summed E-state index contributed by atoms with van der Waals surface area (Å²) < 4.78 is 13.1. The lowest BCUT2D eigenvalue weighted by atomic mass is 10.1. The number of methoxy groups -OCH3 is 1. The molecule has 0 atom stereocenters. The van der Waals surface area contributed by atoms with Gasteiger partial charge in [-0.2, -0.15) is 5.10 Å². The first-order valence-electron chi connectivity index (χ1n) is 15.6. The summed E-state index contributed by atoms with van der Waals surface area (Å²) in [5.41, 5.74) is 5.67. The Bertz CT molecular complexity index is 1910. The van der Waals surface area contributed by atoms with Gasteiger partial charge in [0.2, 0.25) is 4.96 Å². The molecule has 4 heterocycles. The van der Waals surface area contributed by atoms with Gasteiger partial charge in [-0.25, -0.2) is 14.3 Å². The van der Waals surface area contributed by atoms with E-state index in [9.17, 15) is 4.79 Å². The molecule has 1 saturated heterocycles. The van der Waals surface area contributed by atoms with Crippen molar-refractivity contribution in [3.63, 3.8) is 0 Å². The first-order chi connectivity index (χ1) is 22.7. The van der Waals surface area contributed by atoms with Gasteiger partial charge in [-0.1, -0.05) is 40.4 Å². The topological polar surface area (TPSA) is 109 Å². The third-order valence-electron chi connectivity index (χ3n) is 8.26. The Morgan fingerprint density at radius 2 is 1.67 bits per heavy atom. The first-order valence-corrected chi connectivity index (χ1v) is 16.4. The van der Waals surface area contributed by atoms with Crippen LogP contribution in [0.15, 0.2) is 79.0 Å². The van der Waals surface area contributed by atoms with E-state index in [0.717, 1.165) is 90.0 Å². The number of carbonyl (C=O) groups excluding carboxylic acids is 1. The van der Waals surface area contributed by atoms with E-state index in [1.54, 1.807) is 42.8 Å². The zero-order valence-corrected chi connectivity index (χ0v) is 26.4. The van der Waals surface area contributed by atoms with E-state index in [-0.39, 0.29) is 0 Å². The highest BCUT2D eigenvalue weighted by atomic mass is 32.1. The highest BCUT2D eigenvalue weighted by molar-refractivity contribution is 7.19. The van der Waals surface area contributed by atoms with Gasteiger partial charge >= 0.3 is 5.97 Å². The van der Waals surface area contributed by atoms with Crippen LogP contribution in [-0.4, -0.2) is 75.2 Å². The Labute approximate surface area is 270 Å². The number of para-hydroxylation sites is 1. The molecule has 0 spiro atoms. The minimum Gasteiger partial charge on any atom is -0.385 e. The maximum Gasteiger partial charge on any atom is 0.365 e. The van der Waals surface area contributed by atoms with Crippen molar-refractivity contribution in [1.82, 2.24) is 29.8 Å². The molecule has 0 saturated carbocycles. The van der Waals surface area contributed by atoms with Gasteiger partial charge in [0.1, 0.15) is 16.0 Å². The van der Waals surface area contributed by atoms with E-state index in [2.05, 4.69) is 44.5 Å². The highest BCUT2D eigenvalue weighted by Gasteiger charge is 2.21. The van der Waals surface area contributed by atoms with Gasteiger partial charge in [-0.15, -0.1) is 5.10 Å². The van der Waals surface area contributed by atoms with Crippen molar-refractivity contribution < 1.29 is 19.1 Å². The number of hydrogen-bond donors (Lipinski definition) is 0. The van der Waals surface area contributed by atoms with E-state index >= 15 is 0 Å². The summed E-state index contributed by atoms with van der Waals surface area (Å²) in [6, 6.07) is 23.1. The molecule has 6 aromatic rings. The number of benzene rings is 3. The maximum absolute atomic E-state index is 12.8. The fraction of sp³-hybridized carbons (Fsp3) is 0.324. The van der Waals surface area contributed by atoms with Crippen molar-refractivity contribution in [2.75, 3.05) is 38.3 Å². The molecule has 0 unspecified atom stereocenters. The van der Waals surface area contributed by atoms with Crippen molar-refractivity contribution in [1.29, 1.82) is 0 Å². The van der Waals surface area contributed by atoms with E-state index in [1.165, 1.54) is 5.69 Å². The lowest BCUT2D eigenvalue weighted by molar-refractivity contribution is 0.0340. The summed E-state index contributed by atoms with van der Waals surface area (Å²) >= 11 is 1.55. The molecule has 0 radical (unpaired) electrons. The maximum atomic E-state index is 12.8. The standard InChI is InChI=1S/C34H35N7O4S/c1-43-21-5-2-6-22-44-28-17-19-39(20-18-28)27-15-13-25(14-16-27)32-37-40-31(23-35-34(40)46-32)24-9-11-26(12-10-24)33(42)45-41-30-8-4-3-7-29(30)36-38-41/h3-4,7-16,23,28H,2,5-6,17-22H2,1H3. The van der Waals surface area contributed by atoms with E-state index < -0.39 is 5.97 Å². The SMILES string of the molecule is COCCCCCOC1CCN(c2ccc(-c3nn4c(-c5ccc(C(=O)On6nnc7ccccc76)cc5)cnc4s3)cc2)CC1. The predicted molar refractivity (Wildman–Crippen MR) is 177 cm³/mol. The van der Waals surface area contributed by atoms with Crippen LogP contribution in [0.1, 0.15) is 42.5 Å². The number of anilines is 1. The fourth-order valence-corrected chi connectivity index (χ4v) is 6.58. The zero-order chi connectivity index (χ0) is 31.3. The molecule has 1 fully saturated rings. The molecule has 46 heavy (non-hydrogen) atoms. The van der Waals surface area contributed by atoms with Crippen LogP contribution < -0.4 is 9.74 Å². The average molecular weight is 638 g/mol. The van der Waals surface area contributed by atoms with Gasteiger partial charge in [0.15, 0.2) is 0 Å². The second-order valence-corrected chi connectivity index (χ2v) is 12.3. The summed E-state index contributed by atoms with van der Waals surface area (Å²) in [4.78, 5) is 27.2. The van der Waals surface area contributed by atoms with Crippen molar-refractivity contribution in [3.8, 4) is 21.8 Å². The highest BCUT2D eigenvalue weighted by Crippen LogP contribution is 2.31. The number of carbonyl (C=O) groups is 1. The summed E-state index contributed by atoms with van der Waals surface area (Å²) in [7, 11) is 1.75. The largest absolute Gasteiger partial charge is 0.385 e. The van der Waals surface area contributed by atoms with Gasteiger partial charge in [-0.05, 0) is 85.8 Å². The number of rotatable bonds is 12. The Kier molecular flexibility index (Phi) is 8.99. The number of aromatic nitrogens is 6. The average Bonchev–Trinajstić information content (AvgIpc) is 3.82. The van der Waals surface area contributed by atoms with Crippen LogP contribution in [0, 0.1) is 0 Å². The molecule has 12 heteroatoms. The third-order valence-corrected chi connectivity index (χ3v) is 9.23. The number of unbranched alkanes of at least 4 members (excludes halogenated alkanes) is 2. The van der Waals surface area contributed by atoms with Gasteiger partial charge in [0.05, 0.1) is 23.6 Å². The van der Waals surface area contributed by atoms with Crippen LogP contribution in [0.2, 0.25) is 0 Å². The van der Waals surface area contributed by atoms with E-state index in [1.807, 2.05) is 34.8 Å². The molecule has 3 aromatic heterocycles. The van der Waals surface area contributed by atoms with Crippen LogP contribution >= 0.6 is 11.3 Å².